The Morgan fingerprint density at radius 3 is 2.10 bits per heavy atom. The zero-order valence-corrected chi connectivity index (χ0v) is 23.0. The highest BCUT2D eigenvalue weighted by molar-refractivity contribution is 5.96. The summed E-state index contributed by atoms with van der Waals surface area (Å²) in [4.78, 5) is 76.3. The Labute approximate surface area is 232 Å². The number of carboxylic acid groups (broad SMARTS) is 2. The van der Waals surface area contributed by atoms with Gasteiger partial charge in [-0.3, -0.25) is 24.0 Å². The number of amides is 4. The molecule has 0 unspecified atom stereocenters. The fraction of sp³-hybridized carbons (Fsp3) is 0.556. The van der Waals surface area contributed by atoms with Gasteiger partial charge in [-0.1, -0.05) is 44.2 Å². The molecule has 1 fully saturated rings. The molecule has 4 amide bonds. The molecule has 40 heavy (non-hydrogen) atoms. The van der Waals surface area contributed by atoms with E-state index in [1.54, 1.807) is 30.3 Å². The minimum atomic E-state index is -1.47. The Morgan fingerprint density at radius 1 is 0.925 bits per heavy atom. The molecule has 0 saturated carbocycles. The maximum atomic E-state index is 13.6. The molecule has 5 atom stereocenters. The predicted octanol–water partition coefficient (Wildman–Crippen LogP) is -0.373. The van der Waals surface area contributed by atoms with Crippen LogP contribution in [0.2, 0.25) is 0 Å². The van der Waals surface area contributed by atoms with Gasteiger partial charge in [0.05, 0.1) is 12.5 Å². The molecular formula is C27H39N5O8. The molecule has 1 aliphatic heterocycles. The molecule has 1 aromatic carbocycles. The number of aliphatic carboxylic acids is 2. The van der Waals surface area contributed by atoms with Crippen molar-refractivity contribution in [3.8, 4) is 0 Å². The van der Waals surface area contributed by atoms with Crippen LogP contribution in [-0.4, -0.2) is 87.4 Å². The molecule has 13 nitrogen and oxygen atoms in total. The molecule has 1 saturated heterocycles. The summed E-state index contributed by atoms with van der Waals surface area (Å²) in [5.74, 6) is -5.38. The maximum absolute atomic E-state index is 13.6. The Morgan fingerprint density at radius 2 is 1.55 bits per heavy atom. The minimum Gasteiger partial charge on any atom is -0.481 e. The second kappa shape index (κ2) is 15.0. The first-order valence-corrected chi connectivity index (χ1v) is 13.3. The van der Waals surface area contributed by atoms with Crippen molar-refractivity contribution in [1.29, 1.82) is 0 Å². The third-order valence-electron chi connectivity index (χ3n) is 6.48. The Bertz CT molecular complexity index is 1080. The normalized spacial score (nSPS) is 17.8. The van der Waals surface area contributed by atoms with Crippen LogP contribution in [0.3, 0.4) is 0 Å². The number of carboxylic acids is 2. The fourth-order valence-corrected chi connectivity index (χ4v) is 4.47. The Balaban J connectivity index is 2.19. The lowest BCUT2D eigenvalue weighted by Gasteiger charge is -2.31. The lowest BCUT2D eigenvalue weighted by Crippen LogP contribution is -2.58. The van der Waals surface area contributed by atoms with Gasteiger partial charge in [0.15, 0.2) is 0 Å². The van der Waals surface area contributed by atoms with Crippen LogP contribution in [0.4, 0.5) is 0 Å². The lowest BCUT2D eigenvalue weighted by molar-refractivity contribution is -0.145. The van der Waals surface area contributed by atoms with Crippen LogP contribution in [0.15, 0.2) is 30.3 Å². The molecule has 1 aromatic rings. The fourth-order valence-electron chi connectivity index (χ4n) is 4.47. The van der Waals surface area contributed by atoms with Crippen molar-refractivity contribution in [2.24, 2.45) is 11.7 Å². The van der Waals surface area contributed by atoms with Crippen molar-refractivity contribution in [2.45, 2.75) is 83.1 Å². The number of carbonyl (C=O) groups is 6. The highest BCUT2D eigenvalue weighted by Gasteiger charge is 2.39. The number of nitrogens with two attached hydrogens (primary N) is 1. The van der Waals surface area contributed by atoms with Crippen LogP contribution in [0.5, 0.6) is 0 Å². The maximum Gasteiger partial charge on any atom is 0.326 e. The van der Waals surface area contributed by atoms with Gasteiger partial charge in [-0.15, -0.1) is 0 Å². The van der Waals surface area contributed by atoms with E-state index in [9.17, 15) is 39.0 Å². The largest absolute Gasteiger partial charge is 0.481 e. The molecule has 0 spiro atoms. The van der Waals surface area contributed by atoms with Gasteiger partial charge >= 0.3 is 11.9 Å². The van der Waals surface area contributed by atoms with E-state index in [0.717, 1.165) is 5.56 Å². The number of carbonyl (C=O) groups excluding carboxylic acids is 4. The van der Waals surface area contributed by atoms with Gasteiger partial charge in [0, 0.05) is 13.0 Å². The number of hydrogen-bond donors (Lipinski definition) is 6. The van der Waals surface area contributed by atoms with Crippen LogP contribution in [0, 0.1) is 5.92 Å². The Kier molecular flexibility index (Phi) is 12.1. The summed E-state index contributed by atoms with van der Waals surface area (Å²) in [6, 6.07) is 3.12. The quantitative estimate of drug-likeness (QED) is 0.175. The first kappa shape index (κ1) is 32.2. The minimum absolute atomic E-state index is 0.0622. The summed E-state index contributed by atoms with van der Waals surface area (Å²) in [6.45, 7) is 5.25. The second-order valence-electron chi connectivity index (χ2n) is 10.4. The summed E-state index contributed by atoms with van der Waals surface area (Å²) in [7, 11) is 0. The molecule has 0 bridgehead atoms. The second-order valence-corrected chi connectivity index (χ2v) is 10.4. The molecule has 220 valence electrons. The smallest absolute Gasteiger partial charge is 0.326 e. The van der Waals surface area contributed by atoms with Gasteiger partial charge in [-0.05, 0) is 37.7 Å². The summed E-state index contributed by atoms with van der Waals surface area (Å²) < 4.78 is 0. The van der Waals surface area contributed by atoms with E-state index in [4.69, 9.17) is 5.73 Å². The van der Waals surface area contributed by atoms with Gasteiger partial charge in [-0.2, -0.15) is 0 Å². The van der Waals surface area contributed by atoms with Crippen LogP contribution in [0.1, 0.15) is 52.0 Å². The number of benzene rings is 1. The number of rotatable bonds is 14. The number of likely N-dealkylation sites (tertiary alicyclic amines) is 1. The monoisotopic (exact) mass is 561 g/mol. The van der Waals surface area contributed by atoms with E-state index in [2.05, 4.69) is 16.0 Å². The molecule has 13 heteroatoms. The van der Waals surface area contributed by atoms with E-state index in [0.29, 0.717) is 12.8 Å². The standard InChI is InChI=1S/C27H39N5O8/c1-15(2)12-19(30-24(36)18(14-22(33)34)29-23(35)16(3)28)26(38)32-11-7-10-21(32)25(37)31-20(27(39)40)13-17-8-5-4-6-9-17/h4-6,8-9,15-16,18-21H,7,10-14,28H2,1-3H3,(H,29,35)(H,30,36)(H,31,37)(H,33,34)(H,39,40)/t16-,18-,19-,20-,21-/m0/s1. The van der Waals surface area contributed by atoms with Crippen LogP contribution in [0.25, 0.3) is 0 Å². The molecule has 1 aliphatic rings. The molecule has 0 radical (unpaired) electrons. The van der Waals surface area contributed by atoms with Crippen LogP contribution >= 0.6 is 0 Å². The van der Waals surface area contributed by atoms with Crippen molar-refractivity contribution in [3.63, 3.8) is 0 Å². The number of hydrogen-bond acceptors (Lipinski definition) is 7. The zero-order valence-electron chi connectivity index (χ0n) is 23.0. The molecular weight excluding hydrogens is 522 g/mol. The van der Waals surface area contributed by atoms with E-state index in [-0.39, 0.29) is 25.3 Å². The molecule has 7 N–H and O–H groups in total. The SMILES string of the molecule is CC(C)C[C@H](NC(=O)[C@H](CC(=O)O)NC(=O)[C@H](C)N)C(=O)N1CCC[C@H]1C(=O)N[C@@H](Cc1ccccc1)C(=O)O. The first-order chi connectivity index (χ1) is 18.8. The van der Waals surface area contributed by atoms with Gasteiger partial charge in [0.25, 0.3) is 0 Å². The molecule has 0 aromatic heterocycles. The van der Waals surface area contributed by atoms with Crippen molar-refractivity contribution in [3.05, 3.63) is 35.9 Å². The third kappa shape index (κ3) is 9.63. The lowest BCUT2D eigenvalue weighted by atomic mass is 10.0. The summed E-state index contributed by atoms with van der Waals surface area (Å²) in [5, 5.41) is 26.3. The highest BCUT2D eigenvalue weighted by Crippen LogP contribution is 2.21. The van der Waals surface area contributed by atoms with Gasteiger partial charge in [0.1, 0.15) is 24.2 Å². The predicted molar refractivity (Wildman–Crippen MR) is 144 cm³/mol. The average molecular weight is 562 g/mol. The van der Waals surface area contributed by atoms with Crippen LogP contribution in [-0.2, 0) is 35.2 Å². The van der Waals surface area contributed by atoms with Gasteiger partial charge in [-0.25, -0.2) is 4.79 Å². The van der Waals surface area contributed by atoms with Crippen LogP contribution < -0.4 is 21.7 Å². The molecule has 2 rings (SSSR count). The summed E-state index contributed by atoms with van der Waals surface area (Å²) in [5.41, 5.74) is 6.25. The van der Waals surface area contributed by atoms with E-state index >= 15 is 0 Å². The highest BCUT2D eigenvalue weighted by atomic mass is 16.4. The average Bonchev–Trinajstić information content (AvgIpc) is 3.37. The number of nitrogens with one attached hydrogen (secondary N) is 3. The van der Waals surface area contributed by atoms with E-state index in [1.165, 1.54) is 11.8 Å². The van der Waals surface area contributed by atoms with Crippen molar-refractivity contribution >= 4 is 35.6 Å². The molecule has 0 aliphatic carbocycles. The number of nitrogens with zero attached hydrogens (tertiary/aromatic N) is 1. The summed E-state index contributed by atoms with van der Waals surface area (Å²) >= 11 is 0. The topological polar surface area (TPSA) is 208 Å². The van der Waals surface area contributed by atoms with Gasteiger partial charge in [0.2, 0.25) is 23.6 Å². The van der Waals surface area contributed by atoms with E-state index < -0.39 is 72.2 Å². The first-order valence-electron chi connectivity index (χ1n) is 13.3. The Hall–Kier alpha value is -4.00. The van der Waals surface area contributed by atoms with Crippen molar-refractivity contribution < 1.29 is 39.0 Å². The van der Waals surface area contributed by atoms with E-state index in [1.807, 2.05) is 13.8 Å². The van der Waals surface area contributed by atoms with Crippen molar-refractivity contribution in [1.82, 2.24) is 20.9 Å². The molecule has 1 heterocycles. The van der Waals surface area contributed by atoms with Crippen molar-refractivity contribution in [2.75, 3.05) is 6.54 Å². The third-order valence-corrected chi connectivity index (χ3v) is 6.48. The van der Waals surface area contributed by atoms with Gasteiger partial charge < -0.3 is 36.8 Å². The summed E-state index contributed by atoms with van der Waals surface area (Å²) in [6.07, 6.45) is 0.326. The zero-order chi connectivity index (χ0) is 30.0.